The van der Waals surface area contributed by atoms with E-state index in [1.807, 2.05) is 0 Å². The second kappa shape index (κ2) is 6.48. The fraction of sp³-hybridized carbons (Fsp3) is 0.500. The maximum atomic E-state index is 12.8. The number of rotatable bonds is 4. The molecular weight excluding hydrogens is 462 g/mol. The van der Waals surface area contributed by atoms with Gasteiger partial charge < -0.3 is 5.11 Å². The molecule has 10 heteroatoms. The van der Waals surface area contributed by atoms with Crippen molar-refractivity contribution in [3.63, 3.8) is 0 Å². The summed E-state index contributed by atoms with van der Waals surface area (Å²) in [5, 5.41) is 9.95. The Morgan fingerprint density at radius 3 is 2.45 bits per heavy atom. The molecule has 1 aliphatic rings. The van der Waals surface area contributed by atoms with Crippen LogP contribution in [-0.4, -0.2) is 56.4 Å². The maximum absolute atomic E-state index is 12.8. The summed E-state index contributed by atoms with van der Waals surface area (Å²) in [6.45, 7) is 1.68. The minimum atomic E-state index is -3.94. The molecule has 1 fully saturated rings. The smallest absolute Gasteiger partial charge is 0.244 e. The quantitative estimate of drug-likeness (QED) is 0.708. The van der Waals surface area contributed by atoms with Crippen LogP contribution in [0, 0.1) is 0 Å². The van der Waals surface area contributed by atoms with Crippen molar-refractivity contribution >= 4 is 51.7 Å². The summed E-state index contributed by atoms with van der Waals surface area (Å²) in [5.41, 5.74) is 0. The van der Waals surface area contributed by atoms with Gasteiger partial charge in [0.25, 0.3) is 0 Å². The Balaban J connectivity index is 2.48. The molecule has 1 aromatic carbocycles. The van der Waals surface area contributed by atoms with Crippen molar-refractivity contribution in [3.05, 3.63) is 27.1 Å². The van der Waals surface area contributed by atoms with Gasteiger partial charge in [0, 0.05) is 15.5 Å². The van der Waals surface area contributed by atoms with Crippen LogP contribution >= 0.6 is 31.9 Å². The zero-order valence-electron chi connectivity index (χ0n) is 11.6. The summed E-state index contributed by atoms with van der Waals surface area (Å²) in [6.07, 6.45) is -1.22. The van der Waals surface area contributed by atoms with Crippen molar-refractivity contribution < 1.29 is 21.9 Å². The van der Waals surface area contributed by atoms with E-state index in [9.17, 15) is 21.9 Å². The lowest BCUT2D eigenvalue weighted by Crippen LogP contribution is -2.46. The molecule has 1 aliphatic heterocycles. The SMILES string of the molecule is CCN([C@H]1CS(=O)(=O)C[C@H]1O)S(=O)(=O)c1cc(Br)ccc1Br. The van der Waals surface area contributed by atoms with Crippen LogP contribution in [0.4, 0.5) is 0 Å². The summed E-state index contributed by atoms with van der Waals surface area (Å²) in [6, 6.07) is 3.75. The van der Waals surface area contributed by atoms with Crippen LogP contribution in [0.25, 0.3) is 0 Å². The molecule has 0 aliphatic carbocycles. The highest BCUT2D eigenvalue weighted by atomic mass is 79.9. The van der Waals surface area contributed by atoms with Gasteiger partial charge in [-0.1, -0.05) is 22.9 Å². The molecule has 0 spiro atoms. The van der Waals surface area contributed by atoms with E-state index in [-0.39, 0.29) is 17.2 Å². The van der Waals surface area contributed by atoms with Crippen molar-refractivity contribution in [3.8, 4) is 0 Å². The van der Waals surface area contributed by atoms with Gasteiger partial charge in [-0.05, 0) is 34.1 Å². The van der Waals surface area contributed by atoms with Crippen molar-refractivity contribution in [1.29, 1.82) is 0 Å². The Morgan fingerprint density at radius 1 is 1.32 bits per heavy atom. The fourth-order valence-corrected chi connectivity index (χ4v) is 7.49. The summed E-state index contributed by atoms with van der Waals surface area (Å²) >= 11 is 6.43. The highest BCUT2D eigenvalue weighted by Gasteiger charge is 2.44. The van der Waals surface area contributed by atoms with E-state index in [2.05, 4.69) is 31.9 Å². The molecule has 1 heterocycles. The molecule has 2 rings (SSSR count). The van der Waals surface area contributed by atoms with Crippen molar-refractivity contribution in [2.75, 3.05) is 18.1 Å². The second-order valence-electron chi connectivity index (χ2n) is 4.99. The third kappa shape index (κ3) is 3.57. The van der Waals surface area contributed by atoms with Gasteiger partial charge in [-0.3, -0.25) is 0 Å². The third-order valence-electron chi connectivity index (χ3n) is 3.46. The number of nitrogens with zero attached hydrogens (tertiary/aromatic N) is 1. The average Bonchev–Trinajstić information content (AvgIpc) is 2.66. The fourth-order valence-electron chi connectivity index (χ4n) is 2.47. The van der Waals surface area contributed by atoms with Crippen LogP contribution in [0.5, 0.6) is 0 Å². The predicted molar refractivity (Wildman–Crippen MR) is 89.9 cm³/mol. The molecule has 1 saturated heterocycles. The molecule has 0 aromatic heterocycles. The maximum Gasteiger partial charge on any atom is 0.244 e. The van der Waals surface area contributed by atoms with Crippen LogP contribution < -0.4 is 0 Å². The van der Waals surface area contributed by atoms with Gasteiger partial charge in [-0.2, -0.15) is 4.31 Å². The lowest BCUT2D eigenvalue weighted by molar-refractivity contribution is 0.130. The molecule has 6 nitrogen and oxygen atoms in total. The van der Waals surface area contributed by atoms with E-state index in [0.29, 0.717) is 8.95 Å². The highest BCUT2D eigenvalue weighted by molar-refractivity contribution is 9.11. The van der Waals surface area contributed by atoms with Gasteiger partial charge in [0.2, 0.25) is 10.0 Å². The molecule has 0 unspecified atom stereocenters. The number of sulfone groups is 1. The lowest BCUT2D eigenvalue weighted by atomic mass is 10.2. The number of benzene rings is 1. The largest absolute Gasteiger partial charge is 0.390 e. The van der Waals surface area contributed by atoms with Gasteiger partial charge in [0.05, 0.1) is 28.5 Å². The van der Waals surface area contributed by atoms with Crippen molar-refractivity contribution in [2.24, 2.45) is 0 Å². The Hall–Kier alpha value is -0.000000000000000111. The average molecular weight is 477 g/mol. The first-order valence-electron chi connectivity index (χ1n) is 6.44. The van der Waals surface area contributed by atoms with E-state index in [1.165, 1.54) is 6.07 Å². The summed E-state index contributed by atoms with van der Waals surface area (Å²) in [5.74, 6) is -0.782. The summed E-state index contributed by atoms with van der Waals surface area (Å²) < 4.78 is 51.0. The molecule has 0 bridgehead atoms. The standard InChI is InChI=1S/C12H15Br2NO5S2/c1-2-15(10-6-21(17,18)7-11(10)16)22(19,20)12-5-8(13)3-4-9(12)14/h3-5,10-11,16H,2,6-7H2,1H3/t10-,11+/m0/s1. The van der Waals surface area contributed by atoms with Gasteiger partial charge in [0.1, 0.15) is 0 Å². The molecule has 0 saturated carbocycles. The van der Waals surface area contributed by atoms with Gasteiger partial charge in [0.15, 0.2) is 9.84 Å². The zero-order valence-corrected chi connectivity index (χ0v) is 16.4. The first-order valence-corrected chi connectivity index (χ1v) is 11.3. The number of aliphatic hydroxyl groups is 1. The number of likely N-dealkylation sites (N-methyl/N-ethyl adjacent to an activating group) is 1. The lowest BCUT2D eigenvalue weighted by Gasteiger charge is -2.28. The van der Waals surface area contributed by atoms with E-state index in [1.54, 1.807) is 19.1 Å². The zero-order chi connectivity index (χ0) is 16.7. The first-order chi connectivity index (χ1) is 10.1. The Morgan fingerprint density at radius 2 is 1.95 bits per heavy atom. The van der Waals surface area contributed by atoms with E-state index in [0.717, 1.165) is 4.31 Å². The van der Waals surface area contributed by atoms with Gasteiger partial charge >= 0.3 is 0 Å². The number of aliphatic hydroxyl groups excluding tert-OH is 1. The minimum absolute atomic E-state index is 0.0280. The minimum Gasteiger partial charge on any atom is -0.390 e. The monoisotopic (exact) mass is 475 g/mol. The van der Waals surface area contributed by atoms with Crippen LogP contribution in [-0.2, 0) is 19.9 Å². The number of hydrogen-bond acceptors (Lipinski definition) is 5. The van der Waals surface area contributed by atoms with Crippen molar-refractivity contribution in [1.82, 2.24) is 4.31 Å². The predicted octanol–water partition coefficient (Wildman–Crippen LogP) is 1.38. The van der Waals surface area contributed by atoms with E-state index in [4.69, 9.17) is 0 Å². The third-order valence-corrected chi connectivity index (χ3v) is 8.64. The second-order valence-corrected chi connectivity index (χ2v) is 10.8. The molecule has 22 heavy (non-hydrogen) atoms. The summed E-state index contributed by atoms with van der Waals surface area (Å²) in [7, 11) is -7.38. The molecule has 1 aromatic rings. The normalized spacial score (nSPS) is 24.8. The molecule has 124 valence electrons. The topological polar surface area (TPSA) is 91.8 Å². The highest BCUT2D eigenvalue weighted by Crippen LogP contribution is 2.31. The first kappa shape index (κ1) is 18.3. The number of halogens is 2. The molecular formula is C12H15Br2NO5S2. The van der Waals surface area contributed by atoms with Crippen LogP contribution in [0.15, 0.2) is 32.0 Å². The van der Waals surface area contributed by atoms with Gasteiger partial charge in [-0.25, -0.2) is 16.8 Å². The van der Waals surface area contributed by atoms with Crippen LogP contribution in [0.1, 0.15) is 6.92 Å². The Bertz CT molecular complexity index is 779. The molecule has 0 radical (unpaired) electrons. The van der Waals surface area contributed by atoms with E-state index >= 15 is 0 Å². The van der Waals surface area contributed by atoms with Crippen LogP contribution in [0.2, 0.25) is 0 Å². The summed E-state index contributed by atoms with van der Waals surface area (Å²) in [4.78, 5) is 0.0280. The van der Waals surface area contributed by atoms with Crippen molar-refractivity contribution in [2.45, 2.75) is 24.0 Å². The number of sulfonamides is 1. The molecule has 2 atom stereocenters. The van der Waals surface area contributed by atoms with Gasteiger partial charge in [-0.15, -0.1) is 0 Å². The Labute approximate surface area is 146 Å². The molecule has 0 amide bonds. The number of hydrogen-bond donors (Lipinski definition) is 1. The van der Waals surface area contributed by atoms with E-state index < -0.39 is 37.8 Å². The van der Waals surface area contributed by atoms with Crippen LogP contribution in [0.3, 0.4) is 0 Å². The Kier molecular flexibility index (Phi) is 5.40. The molecule has 1 N–H and O–H groups in total.